The summed E-state index contributed by atoms with van der Waals surface area (Å²) in [5, 5.41) is 1.15. The number of fused-ring (bicyclic) bond motifs is 1. The van der Waals surface area contributed by atoms with E-state index in [1.54, 1.807) is 14.2 Å². The molecule has 0 amide bonds. The molecule has 0 aliphatic rings. The van der Waals surface area contributed by atoms with Crippen molar-refractivity contribution in [3.63, 3.8) is 0 Å². The smallest absolute Gasteiger partial charge is 0.123 e. The van der Waals surface area contributed by atoms with E-state index in [-0.39, 0.29) is 0 Å². The summed E-state index contributed by atoms with van der Waals surface area (Å²) in [6.07, 6.45) is 0. The van der Waals surface area contributed by atoms with E-state index in [1.165, 1.54) is 11.1 Å². The SMILES string of the molecule is C=C(C)c1cc2cc(OC)cc(C)c2n1COC. The Kier molecular flexibility index (Phi) is 3.43. The molecular weight excluding hydrogens is 226 g/mol. The summed E-state index contributed by atoms with van der Waals surface area (Å²) in [5.74, 6) is 0.878. The molecule has 3 heteroatoms. The molecule has 18 heavy (non-hydrogen) atoms. The molecule has 1 aromatic heterocycles. The van der Waals surface area contributed by atoms with Crippen molar-refractivity contribution in [1.29, 1.82) is 0 Å². The van der Waals surface area contributed by atoms with Crippen molar-refractivity contribution >= 4 is 16.5 Å². The first-order chi connectivity index (χ1) is 8.58. The van der Waals surface area contributed by atoms with Crippen LogP contribution < -0.4 is 4.74 Å². The first-order valence-corrected chi connectivity index (χ1v) is 5.91. The standard InChI is InChI=1S/C15H19NO2/c1-10(2)14-8-12-7-13(18-5)6-11(3)15(12)16(14)9-17-4/h6-8H,1,9H2,2-5H3. The molecule has 0 saturated carbocycles. The molecule has 0 aliphatic heterocycles. The normalized spacial score (nSPS) is 10.9. The van der Waals surface area contributed by atoms with Crippen molar-refractivity contribution in [2.75, 3.05) is 14.2 Å². The molecular formula is C15H19NO2. The summed E-state index contributed by atoms with van der Waals surface area (Å²) in [5.41, 5.74) is 4.48. The van der Waals surface area contributed by atoms with Crippen molar-refractivity contribution in [3.8, 4) is 5.75 Å². The van der Waals surface area contributed by atoms with E-state index in [4.69, 9.17) is 9.47 Å². The molecule has 1 aromatic carbocycles. The first kappa shape index (κ1) is 12.7. The number of hydrogen-bond acceptors (Lipinski definition) is 2. The fourth-order valence-corrected chi connectivity index (χ4v) is 2.33. The second kappa shape index (κ2) is 4.86. The number of allylic oxidation sites excluding steroid dienone is 1. The molecule has 0 fully saturated rings. The van der Waals surface area contributed by atoms with Crippen LogP contribution in [0.25, 0.3) is 16.5 Å². The second-order valence-electron chi connectivity index (χ2n) is 4.54. The van der Waals surface area contributed by atoms with Crippen molar-refractivity contribution in [2.24, 2.45) is 0 Å². The number of hydrogen-bond donors (Lipinski definition) is 0. The van der Waals surface area contributed by atoms with Gasteiger partial charge in [-0.1, -0.05) is 6.58 Å². The quantitative estimate of drug-likeness (QED) is 0.821. The lowest BCUT2D eigenvalue weighted by atomic mass is 10.1. The average Bonchev–Trinajstić information content (AvgIpc) is 2.69. The van der Waals surface area contributed by atoms with Gasteiger partial charge in [0.15, 0.2) is 0 Å². The molecule has 1 heterocycles. The summed E-state index contributed by atoms with van der Waals surface area (Å²) in [4.78, 5) is 0. The molecule has 0 atom stereocenters. The summed E-state index contributed by atoms with van der Waals surface area (Å²) in [7, 11) is 3.39. The maximum Gasteiger partial charge on any atom is 0.123 e. The Morgan fingerprint density at radius 2 is 2.00 bits per heavy atom. The van der Waals surface area contributed by atoms with Crippen molar-refractivity contribution in [1.82, 2.24) is 4.57 Å². The van der Waals surface area contributed by atoms with Crippen LogP contribution in [0, 0.1) is 6.92 Å². The number of ether oxygens (including phenoxy) is 2. The van der Waals surface area contributed by atoms with Crippen LogP contribution in [0.1, 0.15) is 18.2 Å². The van der Waals surface area contributed by atoms with Gasteiger partial charge in [-0.15, -0.1) is 0 Å². The number of nitrogens with zero attached hydrogens (tertiary/aromatic N) is 1. The number of aryl methyl sites for hydroxylation is 1. The van der Waals surface area contributed by atoms with E-state index >= 15 is 0 Å². The lowest BCUT2D eigenvalue weighted by Gasteiger charge is -2.11. The number of methoxy groups -OCH3 is 2. The molecule has 0 N–H and O–H groups in total. The molecule has 2 rings (SSSR count). The Bertz CT molecular complexity index is 596. The van der Waals surface area contributed by atoms with E-state index < -0.39 is 0 Å². The second-order valence-corrected chi connectivity index (χ2v) is 4.54. The summed E-state index contributed by atoms with van der Waals surface area (Å²) in [6, 6.07) is 6.21. The number of aromatic nitrogens is 1. The van der Waals surface area contributed by atoms with E-state index in [1.807, 2.05) is 19.1 Å². The molecule has 0 unspecified atom stereocenters. The van der Waals surface area contributed by atoms with Gasteiger partial charge in [0.2, 0.25) is 0 Å². The van der Waals surface area contributed by atoms with E-state index in [9.17, 15) is 0 Å². The largest absolute Gasteiger partial charge is 0.497 e. The molecule has 96 valence electrons. The fraction of sp³-hybridized carbons (Fsp3) is 0.333. The highest BCUT2D eigenvalue weighted by Crippen LogP contribution is 2.30. The summed E-state index contributed by atoms with van der Waals surface area (Å²) < 4.78 is 12.7. The topological polar surface area (TPSA) is 23.4 Å². The van der Waals surface area contributed by atoms with Gasteiger partial charge in [-0.25, -0.2) is 0 Å². The van der Waals surface area contributed by atoms with E-state index in [0.29, 0.717) is 6.73 Å². The van der Waals surface area contributed by atoms with Crippen LogP contribution in [0.15, 0.2) is 24.8 Å². The number of rotatable bonds is 4. The Morgan fingerprint density at radius 1 is 1.28 bits per heavy atom. The third kappa shape index (κ3) is 2.02. The first-order valence-electron chi connectivity index (χ1n) is 5.91. The highest BCUT2D eigenvalue weighted by atomic mass is 16.5. The van der Waals surface area contributed by atoms with Gasteiger partial charge in [0.1, 0.15) is 12.5 Å². The van der Waals surface area contributed by atoms with Gasteiger partial charge in [-0.05, 0) is 43.2 Å². The Hall–Kier alpha value is -1.74. The van der Waals surface area contributed by atoms with Gasteiger partial charge < -0.3 is 14.0 Å². The van der Waals surface area contributed by atoms with E-state index in [0.717, 1.165) is 22.4 Å². The molecule has 0 bridgehead atoms. The maximum atomic E-state index is 5.31. The third-order valence-electron chi connectivity index (χ3n) is 3.09. The summed E-state index contributed by atoms with van der Waals surface area (Å²) >= 11 is 0. The van der Waals surface area contributed by atoms with Crippen molar-refractivity contribution in [2.45, 2.75) is 20.6 Å². The van der Waals surface area contributed by atoms with Gasteiger partial charge in [0, 0.05) is 18.2 Å². The predicted octanol–water partition coefficient (Wildman–Crippen LogP) is 3.60. The van der Waals surface area contributed by atoms with Gasteiger partial charge in [-0.2, -0.15) is 0 Å². The number of benzene rings is 1. The zero-order valence-electron chi connectivity index (χ0n) is 11.4. The minimum Gasteiger partial charge on any atom is -0.497 e. The van der Waals surface area contributed by atoms with Gasteiger partial charge in [0.05, 0.1) is 12.6 Å². The zero-order valence-corrected chi connectivity index (χ0v) is 11.4. The van der Waals surface area contributed by atoms with Crippen LogP contribution in [0.3, 0.4) is 0 Å². The lowest BCUT2D eigenvalue weighted by Crippen LogP contribution is -2.04. The minimum absolute atomic E-state index is 0.527. The Morgan fingerprint density at radius 3 is 2.56 bits per heavy atom. The Labute approximate surface area is 108 Å². The summed E-state index contributed by atoms with van der Waals surface area (Å²) in [6.45, 7) is 8.64. The Balaban J connectivity index is 2.76. The van der Waals surface area contributed by atoms with Gasteiger partial charge in [0.25, 0.3) is 0 Å². The third-order valence-corrected chi connectivity index (χ3v) is 3.09. The molecule has 2 aromatic rings. The minimum atomic E-state index is 0.527. The van der Waals surface area contributed by atoms with Crippen LogP contribution in [0.4, 0.5) is 0 Å². The zero-order chi connectivity index (χ0) is 13.3. The van der Waals surface area contributed by atoms with Crippen molar-refractivity contribution in [3.05, 3.63) is 36.0 Å². The van der Waals surface area contributed by atoms with Crippen LogP contribution >= 0.6 is 0 Å². The predicted molar refractivity (Wildman–Crippen MR) is 74.9 cm³/mol. The highest BCUT2D eigenvalue weighted by Gasteiger charge is 2.12. The highest BCUT2D eigenvalue weighted by molar-refractivity contribution is 5.89. The molecule has 0 spiro atoms. The van der Waals surface area contributed by atoms with Crippen LogP contribution in [0.5, 0.6) is 5.75 Å². The van der Waals surface area contributed by atoms with Crippen LogP contribution in [0.2, 0.25) is 0 Å². The molecule has 0 saturated heterocycles. The van der Waals surface area contributed by atoms with Crippen LogP contribution in [-0.4, -0.2) is 18.8 Å². The lowest BCUT2D eigenvalue weighted by molar-refractivity contribution is 0.134. The van der Waals surface area contributed by atoms with Crippen molar-refractivity contribution < 1.29 is 9.47 Å². The van der Waals surface area contributed by atoms with Crippen LogP contribution in [-0.2, 0) is 11.5 Å². The van der Waals surface area contributed by atoms with E-state index in [2.05, 4.69) is 24.1 Å². The molecule has 0 radical (unpaired) electrons. The molecule has 3 nitrogen and oxygen atoms in total. The van der Waals surface area contributed by atoms with Gasteiger partial charge >= 0.3 is 0 Å². The monoisotopic (exact) mass is 245 g/mol. The molecule has 0 aliphatic carbocycles. The fourth-order valence-electron chi connectivity index (χ4n) is 2.33. The maximum absolute atomic E-state index is 5.31. The average molecular weight is 245 g/mol. The van der Waals surface area contributed by atoms with Gasteiger partial charge in [-0.3, -0.25) is 0 Å².